The SMILES string of the molecule is CC1CCCC1NC(=O)c1cc(N)ccc1Br. The molecule has 17 heavy (non-hydrogen) atoms. The first kappa shape index (κ1) is 12.4. The van der Waals surface area contributed by atoms with E-state index in [-0.39, 0.29) is 5.91 Å². The maximum atomic E-state index is 12.1. The number of nitrogens with one attached hydrogen (secondary N) is 1. The van der Waals surface area contributed by atoms with Gasteiger partial charge in [0, 0.05) is 16.2 Å². The molecule has 1 aromatic carbocycles. The van der Waals surface area contributed by atoms with Crippen molar-refractivity contribution in [2.45, 2.75) is 32.2 Å². The van der Waals surface area contributed by atoms with Gasteiger partial charge in [-0.1, -0.05) is 13.3 Å². The Balaban J connectivity index is 2.11. The molecule has 1 saturated carbocycles. The highest BCUT2D eigenvalue weighted by molar-refractivity contribution is 9.10. The number of nitrogens with two attached hydrogens (primary N) is 1. The second-order valence-corrected chi connectivity index (χ2v) is 5.58. The number of carbonyl (C=O) groups excluding carboxylic acids is 1. The summed E-state index contributed by atoms with van der Waals surface area (Å²) in [6.07, 6.45) is 3.47. The highest BCUT2D eigenvalue weighted by Gasteiger charge is 2.25. The van der Waals surface area contributed by atoms with E-state index in [1.165, 1.54) is 12.8 Å². The predicted molar refractivity (Wildman–Crippen MR) is 72.8 cm³/mol. The van der Waals surface area contributed by atoms with Gasteiger partial charge in [-0.2, -0.15) is 0 Å². The summed E-state index contributed by atoms with van der Waals surface area (Å²) in [7, 11) is 0. The maximum Gasteiger partial charge on any atom is 0.252 e. The molecule has 2 rings (SSSR count). The lowest BCUT2D eigenvalue weighted by Gasteiger charge is -2.17. The van der Waals surface area contributed by atoms with Gasteiger partial charge in [0.15, 0.2) is 0 Å². The zero-order valence-electron chi connectivity index (χ0n) is 9.87. The van der Waals surface area contributed by atoms with E-state index < -0.39 is 0 Å². The largest absolute Gasteiger partial charge is 0.399 e. The molecule has 0 aromatic heterocycles. The van der Waals surface area contributed by atoms with Crippen LogP contribution in [0.25, 0.3) is 0 Å². The lowest BCUT2D eigenvalue weighted by molar-refractivity contribution is 0.0929. The normalized spacial score (nSPS) is 23.6. The average Bonchev–Trinajstić information content (AvgIpc) is 2.68. The maximum absolute atomic E-state index is 12.1. The summed E-state index contributed by atoms with van der Waals surface area (Å²) in [5, 5.41) is 3.09. The van der Waals surface area contributed by atoms with E-state index in [0.29, 0.717) is 23.2 Å². The van der Waals surface area contributed by atoms with Gasteiger partial charge in [0.1, 0.15) is 0 Å². The van der Waals surface area contributed by atoms with Gasteiger partial charge >= 0.3 is 0 Å². The molecule has 0 spiro atoms. The number of amides is 1. The average molecular weight is 297 g/mol. The summed E-state index contributed by atoms with van der Waals surface area (Å²) < 4.78 is 0.787. The van der Waals surface area contributed by atoms with Crippen LogP contribution in [0.2, 0.25) is 0 Å². The summed E-state index contributed by atoms with van der Waals surface area (Å²) in [4.78, 5) is 12.1. The lowest BCUT2D eigenvalue weighted by Crippen LogP contribution is -2.36. The minimum absolute atomic E-state index is 0.0390. The van der Waals surface area contributed by atoms with Crippen LogP contribution in [0.4, 0.5) is 5.69 Å². The Morgan fingerprint density at radius 2 is 2.24 bits per heavy atom. The minimum Gasteiger partial charge on any atom is -0.399 e. The Morgan fingerprint density at radius 1 is 1.47 bits per heavy atom. The van der Waals surface area contributed by atoms with E-state index in [1.54, 1.807) is 12.1 Å². The van der Waals surface area contributed by atoms with Crippen molar-refractivity contribution in [3.8, 4) is 0 Å². The van der Waals surface area contributed by atoms with Crippen LogP contribution in [-0.2, 0) is 0 Å². The van der Waals surface area contributed by atoms with Crippen LogP contribution in [0, 0.1) is 5.92 Å². The third-order valence-electron chi connectivity index (χ3n) is 3.41. The van der Waals surface area contributed by atoms with Crippen molar-refractivity contribution in [3.05, 3.63) is 28.2 Å². The molecular weight excluding hydrogens is 280 g/mol. The molecule has 92 valence electrons. The molecule has 0 aliphatic heterocycles. The summed E-state index contributed by atoms with van der Waals surface area (Å²) in [5.41, 5.74) is 6.92. The van der Waals surface area contributed by atoms with E-state index in [9.17, 15) is 4.79 Å². The lowest BCUT2D eigenvalue weighted by atomic mass is 10.1. The second kappa shape index (κ2) is 5.08. The summed E-state index contributed by atoms with van der Waals surface area (Å²) in [5.74, 6) is 0.529. The molecule has 0 bridgehead atoms. The molecule has 1 amide bonds. The van der Waals surface area contributed by atoms with Crippen molar-refractivity contribution in [1.29, 1.82) is 0 Å². The standard InChI is InChI=1S/C13H17BrN2O/c1-8-3-2-4-12(8)16-13(17)10-7-9(15)5-6-11(10)14/h5-8,12H,2-4,15H2,1H3,(H,16,17). The molecule has 0 radical (unpaired) electrons. The molecule has 0 saturated heterocycles. The third-order valence-corrected chi connectivity index (χ3v) is 4.10. The fourth-order valence-corrected chi connectivity index (χ4v) is 2.75. The molecule has 0 heterocycles. The van der Waals surface area contributed by atoms with E-state index >= 15 is 0 Å². The van der Waals surface area contributed by atoms with Crippen LogP contribution < -0.4 is 11.1 Å². The fourth-order valence-electron chi connectivity index (χ4n) is 2.32. The first-order valence-corrected chi connectivity index (χ1v) is 6.73. The molecular formula is C13H17BrN2O. The Kier molecular flexibility index (Phi) is 3.72. The van der Waals surface area contributed by atoms with Gasteiger partial charge in [-0.05, 0) is 52.9 Å². The van der Waals surface area contributed by atoms with Crippen LogP contribution in [0.5, 0.6) is 0 Å². The van der Waals surface area contributed by atoms with Gasteiger partial charge in [-0.3, -0.25) is 4.79 Å². The topological polar surface area (TPSA) is 55.1 Å². The third kappa shape index (κ3) is 2.80. The van der Waals surface area contributed by atoms with Gasteiger partial charge < -0.3 is 11.1 Å². The van der Waals surface area contributed by atoms with Crippen molar-refractivity contribution in [2.24, 2.45) is 5.92 Å². The van der Waals surface area contributed by atoms with Crippen molar-refractivity contribution >= 4 is 27.5 Å². The Labute approximate surface area is 110 Å². The number of rotatable bonds is 2. The summed E-state index contributed by atoms with van der Waals surface area (Å²) >= 11 is 3.38. The van der Waals surface area contributed by atoms with E-state index in [4.69, 9.17) is 5.73 Å². The summed E-state index contributed by atoms with van der Waals surface area (Å²) in [6, 6.07) is 5.59. The fraction of sp³-hybridized carbons (Fsp3) is 0.462. The molecule has 3 nitrogen and oxygen atoms in total. The first-order valence-electron chi connectivity index (χ1n) is 5.94. The number of carbonyl (C=O) groups is 1. The zero-order chi connectivity index (χ0) is 12.4. The number of halogens is 1. The van der Waals surface area contributed by atoms with E-state index in [2.05, 4.69) is 28.2 Å². The number of anilines is 1. The van der Waals surface area contributed by atoms with Crippen molar-refractivity contribution in [2.75, 3.05) is 5.73 Å². The molecule has 2 atom stereocenters. The van der Waals surface area contributed by atoms with Crippen LogP contribution in [0.3, 0.4) is 0 Å². The molecule has 3 N–H and O–H groups in total. The monoisotopic (exact) mass is 296 g/mol. The van der Waals surface area contributed by atoms with Crippen molar-refractivity contribution in [1.82, 2.24) is 5.32 Å². The van der Waals surface area contributed by atoms with Crippen molar-refractivity contribution < 1.29 is 4.79 Å². The van der Waals surface area contributed by atoms with E-state index in [1.807, 2.05) is 6.07 Å². The van der Waals surface area contributed by atoms with Gasteiger partial charge in [0.25, 0.3) is 5.91 Å². The second-order valence-electron chi connectivity index (χ2n) is 4.73. The van der Waals surface area contributed by atoms with Gasteiger partial charge in [0.2, 0.25) is 0 Å². The predicted octanol–water partition coefficient (Wildman–Crippen LogP) is 2.95. The van der Waals surface area contributed by atoms with Crippen molar-refractivity contribution in [3.63, 3.8) is 0 Å². The highest BCUT2D eigenvalue weighted by Crippen LogP contribution is 2.26. The molecule has 4 heteroatoms. The Hall–Kier alpha value is -1.03. The minimum atomic E-state index is -0.0390. The van der Waals surface area contributed by atoms with Crippen LogP contribution in [0.1, 0.15) is 36.5 Å². The van der Waals surface area contributed by atoms with Gasteiger partial charge in [-0.15, -0.1) is 0 Å². The summed E-state index contributed by atoms with van der Waals surface area (Å²) in [6.45, 7) is 2.19. The van der Waals surface area contributed by atoms with Crippen LogP contribution in [0.15, 0.2) is 22.7 Å². The highest BCUT2D eigenvalue weighted by atomic mass is 79.9. The Morgan fingerprint density at radius 3 is 2.88 bits per heavy atom. The van der Waals surface area contributed by atoms with Gasteiger partial charge in [0.05, 0.1) is 5.56 Å². The molecule has 1 aromatic rings. The number of benzene rings is 1. The van der Waals surface area contributed by atoms with Crippen LogP contribution >= 0.6 is 15.9 Å². The zero-order valence-corrected chi connectivity index (χ0v) is 11.5. The Bertz CT molecular complexity index is 433. The quantitative estimate of drug-likeness (QED) is 0.825. The number of hydrogen-bond donors (Lipinski definition) is 2. The number of hydrogen-bond acceptors (Lipinski definition) is 2. The smallest absolute Gasteiger partial charge is 0.252 e. The number of nitrogen functional groups attached to an aromatic ring is 1. The molecule has 2 unspecified atom stereocenters. The molecule has 1 fully saturated rings. The van der Waals surface area contributed by atoms with Crippen LogP contribution in [-0.4, -0.2) is 11.9 Å². The van der Waals surface area contributed by atoms with Gasteiger partial charge in [-0.25, -0.2) is 0 Å². The molecule has 1 aliphatic rings. The van der Waals surface area contributed by atoms with E-state index in [0.717, 1.165) is 10.9 Å². The molecule has 1 aliphatic carbocycles. The first-order chi connectivity index (χ1) is 8.08.